The molecule has 0 saturated heterocycles. The number of carbonyl (C=O) groups is 2. The van der Waals surface area contributed by atoms with E-state index >= 15 is 0 Å². The lowest BCUT2D eigenvalue weighted by molar-refractivity contribution is -0.153. The molecule has 0 fully saturated rings. The highest BCUT2D eigenvalue weighted by Gasteiger charge is 2.21. The first-order valence-corrected chi connectivity index (χ1v) is 22.6. The second-order valence-corrected chi connectivity index (χ2v) is 15.4. The summed E-state index contributed by atoms with van der Waals surface area (Å²) in [6.07, 6.45) is 49.1. The van der Waals surface area contributed by atoms with Crippen LogP contribution in [-0.4, -0.2) is 25.2 Å². The van der Waals surface area contributed by atoms with Gasteiger partial charge in [-0.3, -0.25) is 9.59 Å². The zero-order valence-electron chi connectivity index (χ0n) is 34.2. The molecule has 0 radical (unpaired) electrons. The topological polar surface area (TPSA) is 52.6 Å². The van der Waals surface area contributed by atoms with Crippen LogP contribution in [0.25, 0.3) is 0 Å². The Morgan fingerprint density at radius 3 is 1.06 bits per heavy atom. The number of esters is 2. The number of hydrogen-bond donors (Lipinski definition) is 0. The minimum atomic E-state index is -0.537. The average molecular weight is 705 g/mol. The molecule has 0 rings (SSSR count). The highest BCUT2D eigenvalue weighted by molar-refractivity contribution is 5.81. The Labute approximate surface area is 313 Å². The number of ether oxygens (including phenoxy) is 2. The number of unbranched alkanes of at least 4 members (excludes halogenated alkanes) is 32. The molecule has 0 aromatic carbocycles. The summed E-state index contributed by atoms with van der Waals surface area (Å²) >= 11 is 0. The Balaban J connectivity index is 4.27. The van der Waals surface area contributed by atoms with Crippen molar-refractivity contribution in [3.8, 4) is 0 Å². The normalized spacial score (nSPS) is 12.1. The Morgan fingerprint density at radius 2 is 0.700 bits per heavy atom. The van der Waals surface area contributed by atoms with Gasteiger partial charge in [0.05, 0.1) is 25.6 Å². The molecule has 296 valence electrons. The fourth-order valence-corrected chi connectivity index (χ4v) is 6.83. The first-order chi connectivity index (χ1) is 24.7. The molecule has 0 aromatic rings. The van der Waals surface area contributed by atoms with Gasteiger partial charge in [0, 0.05) is 0 Å². The van der Waals surface area contributed by atoms with Crippen LogP contribution >= 0.6 is 0 Å². The average Bonchev–Trinajstić information content (AvgIpc) is 3.12. The number of allylic oxidation sites excluding steroid dienone is 1. The van der Waals surface area contributed by atoms with Gasteiger partial charge < -0.3 is 9.47 Å². The maximum Gasteiger partial charge on any atom is 0.313 e. The predicted molar refractivity (Wildman–Crippen MR) is 218 cm³/mol. The molecule has 1 atom stereocenters. The van der Waals surface area contributed by atoms with Crippen molar-refractivity contribution in [3.63, 3.8) is 0 Å². The van der Waals surface area contributed by atoms with Crippen LogP contribution in [0, 0.1) is 5.92 Å². The van der Waals surface area contributed by atoms with Gasteiger partial charge in [0.1, 0.15) is 0 Å². The van der Waals surface area contributed by atoms with Crippen molar-refractivity contribution in [2.75, 3.05) is 13.2 Å². The van der Waals surface area contributed by atoms with Gasteiger partial charge in [0.2, 0.25) is 0 Å². The van der Waals surface area contributed by atoms with E-state index in [4.69, 9.17) is 9.47 Å². The fourth-order valence-electron chi connectivity index (χ4n) is 6.83. The smallest absolute Gasteiger partial charge is 0.313 e. The van der Waals surface area contributed by atoms with Crippen molar-refractivity contribution in [1.29, 1.82) is 0 Å². The van der Waals surface area contributed by atoms with Crippen molar-refractivity contribution < 1.29 is 19.1 Å². The number of hydrogen-bond acceptors (Lipinski definition) is 4. The molecule has 0 heterocycles. The van der Waals surface area contributed by atoms with E-state index in [1.807, 2.05) is 6.08 Å². The van der Waals surface area contributed by atoms with Crippen molar-refractivity contribution in [1.82, 2.24) is 0 Å². The van der Waals surface area contributed by atoms with Gasteiger partial charge in [-0.25, -0.2) is 0 Å². The third-order valence-corrected chi connectivity index (χ3v) is 10.3. The molecule has 0 aliphatic carbocycles. The van der Waals surface area contributed by atoms with Gasteiger partial charge in [-0.1, -0.05) is 232 Å². The van der Waals surface area contributed by atoms with Gasteiger partial charge >= 0.3 is 11.9 Å². The van der Waals surface area contributed by atoms with E-state index in [0.29, 0.717) is 13.2 Å². The molecule has 0 aliphatic rings. The van der Waals surface area contributed by atoms with Crippen LogP contribution in [-0.2, 0) is 19.1 Å². The maximum atomic E-state index is 13.0. The van der Waals surface area contributed by atoms with E-state index in [2.05, 4.69) is 26.8 Å². The first-order valence-electron chi connectivity index (χ1n) is 22.6. The second-order valence-electron chi connectivity index (χ2n) is 15.4. The van der Waals surface area contributed by atoms with Crippen LogP contribution in [0.2, 0.25) is 0 Å². The van der Waals surface area contributed by atoms with E-state index in [9.17, 15) is 9.59 Å². The van der Waals surface area contributed by atoms with E-state index in [-0.39, 0.29) is 18.4 Å². The minimum absolute atomic E-state index is 0.0872. The van der Waals surface area contributed by atoms with Crippen LogP contribution in [0.1, 0.15) is 252 Å². The maximum absolute atomic E-state index is 13.0. The summed E-state index contributed by atoms with van der Waals surface area (Å²) in [5.41, 5.74) is 0. The molecule has 4 heteroatoms. The molecule has 0 spiro atoms. The van der Waals surface area contributed by atoms with Gasteiger partial charge in [-0.15, -0.1) is 0 Å². The van der Waals surface area contributed by atoms with Gasteiger partial charge in [0.15, 0.2) is 0 Å². The third-order valence-electron chi connectivity index (χ3n) is 10.3. The Kier molecular flexibility index (Phi) is 41.0. The van der Waals surface area contributed by atoms with Crippen molar-refractivity contribution in [3.05, 3.63) is 12.2 Å². The Morgan fingerprint density at radius 1 is 0.400 bits per heavy atom. The molecule has 0 aliphatic heterocycles. The second kappa shape index (κ2) is 42.1. The van der Waals surface area contributed by atoms with Gasteiger partial charge in [0.25, 0.3) is 0 Å². The third kappa shape index (κ3) is 37.9. The highest BCUT2D eigenvalue weighted by atomic mass is 16.5. The summed E-state index contributed by atoms with van der Waals surface area (Å²) in [6.45, 7) is 7.71. The number of carbonyl (C=O) groups excluding carboxylic acids is 2. The van der Waals surface area contributed by atoms with E-state index in [1.54, 1.807) is 0 Å². The molecular weight excluding hydrogens is 617 g/mol. The van der Waals surface area contributed by atoms with Crippen molar-refractivity contribution in [2.45, 2.75) is 252 Å². The van der Waals surface area contributed by atoms with Crippen molar-refractivity contribution in [2.24, 2.45) is 5.92 Å². The quantitative estimate of drug-likeness (QED) is 0.0361. The summed E-state index contributed by atoms with van der Waals surface area (Å²) in [4.78, 5) is 25.7. The van der Waals surface area contributed by atoms with Gasteiger partial charge in [-0.2, -0.15) is 0 Å². The van der Waals surface area contributed by atoms with Crippen LogP contribution in [0.15, 0.2) is 12.2 Å². The lowest BCUT2D eigenvalue weighted by Gasteiger charge is -2.13. The summed E-state index contributed by atoms with van der Waals surface area (Å²) in [6, 6.07) is 0. The predicted octanol–water partition coefficient (Wildman–Crippen LogP) is 15.3. The molecular formula is C46H88O4. The SMILES string of the molecule is CCCCCCCCCCCCCCCCC=CC(CC(=O)OCCCCCCCCCCCC)C(=O)OCCCCCCCCCCCC. The zero-order chi connectivity index (χ0) is 36.4. The monoisotopic (exact) mass is 705 g/mol. The Hall–Kier alpha value is -1.32. The number of rotatable bonds is 41. The summed E-state index contributed by atoms with van der Waals surface area (Å²) in [5.74, 6) is -1.08. The van der Waals surface area contributed by atoms with E-state index < -0.39 is 5.92 Å². The summed E-state index contributed by atoms with van der Waals surface area (Å²) in [5, 5.41) is 0. The standard InChI is InChI=1S/C46H88O4/c1-4-7-10-13-16-19-22-23-24-25-26-27-28-31-34-37-40-44(46(48)50-42-39-36-33-30-21-18-15-12-9-6-3)43-45(47)49-41-38-35-32-29-20-17-14-11-8-5-2/h37,40,44H,4-36,38-39,41-43H2,1-3H3. The van der Waals surface area contributed by atoms with Crippen LogP contribution in [0.3, 0.4) is 0 Å². The molecule has 0 amide bonds. The van der Waals surface area contributed by atoms with Crippen molar-refractivity contribution >= 4 is 11.9 Å². The molecule has 0 bridgehead atoms. The first kappa shape index (κ1) is 48.7. The largest absolute Gasteiger partial charge is 0.466 e. The van der Waals surface area contributed by atoms with Gasteiger partial charge in [-0.05, 0) is 25.7 Å². The zero-order valence-corrected chi connectivity index (χ0v) is 34.2. The van der Waals surface area contributed by atoms with Crippen LogP contribution < -0.4 is 0 Å². The Bertz CT molecular complexity index is 717. The molecule has 50 heavy (non-hydrogen) atoms. The summed E-state index contributed by atoms with van der Waals surface area (Å²) in [7, 11) is 0. The molecule has 0 aromatic heterocycles. The van der Waals surface area contributed by atoms with Crippen LogP contribution in [0.5, 0.6) is 0 Å². The summed E-state index contributed by atoms with van der Waals surface area (Å²) < 4.78 is 11.2. The molecule has 0 N–H and O–H groups in total. The lowest BCUT2D eigenvalue weighted by Crippen LogP contribution is -2.21. The highest BCUT2D eigenvalue weighted by Crippen LogP contribution is 2.17. The molecule has 0 saturated carbocycles. The lowest BCUT2D eigenvalue weighted by atomic mass is 10.0. The van der Waals surface area contributed by atoms with E-state index in [1.165, 1.54) is 186 Å². The fraction of sp³-hybridized carbons (Fsp3) is 0.913. The van der Waals surface area contributed by atoms with Crippen LogP contribution in [0.4, 0.5) is 0 Å². The minimum Gasteiger partial charge on any atom is -0.466 e. The van der Waals surface area contributed by atoms with E-state index in [0.717, 1.165) is 38.5 Å². The molecule has 4 nitrogen and oxygen atoms in total. The molecule has 1 unspecified atom stereocenters.